The topological polar surface area (TPSA) is 47.1 Å². The average molecular weight is 268 g/mol. The molecule has 0 atom stereocenters. The van der Waals surface area contributed by atoms with Crippen molar-refractivity contribution in [3.8, 4) is 11.5 Å². The predicted octanol–water partition coefficient (Wildman–Crippen LogP) is 3.33. The SMILES string of the molecule is Cc1ccc(OCCOc2cccc3[nH]ccc23)cn1. The minimum absolute atomic E-state index is 0.492. The smallest absolute Gasteiger partial charge is 0.137 e. The van der Waals surface area contributed by atoms with Crippen LogP contribution in [0.4, 0.5) is 0 Å². The van der Waals surface area contributed by atoms with Gasteiger partial charge in [-0.3, -0.25) is 4.98 Å². The summed E-state index contributed by atoms with van der Waals surface area (Å²) >= 11 is 0. The largest absolute Gasteiger partial charge is 0.489 e. The number of nitrogens with zero attached hydrogens (tertiary/aromatic N) is 1. The third-order valence-corrected chi connectivity index (χ3v) is 3.05. The number of aryl methyl sites for hydroxylation is 1. The van der Waals surface area contributed by atoms with Crippen molar-refractivity contribution in [1.82, 2.24) is 9.97 Å². The molecule has 0 bridgehead atoms. The van der Waals surface area contributed by atoms with Crippen LogP contribution in [0.5, 0.6) is 11.5 Å². The summed E-state index contributed by atoms with van der Waals surface area (Å²) < 4.78 is 11.3. The molecule has 4 nitrogen and oxygen atoms in total. The van der Waals surface area contributed by atoms with E-state index in [0.29, 0.717) is 13.2 Å². The van der Waals surface area contributed by atoms with Crippen molar-refractivity contribution in [2.24, 2.45) is 0 Å². The number of nitrogens with one attached hydrogen (secondary N) is 1. The van der Waals surface area contributed by atoms with Crippen molar-refractivity contribution in [2.45, 2.75) is 6.92 Å². The highest BCUT2D eigenvalue weighted by atomic mass is 16.5. The normalized spacial score (nSPS) is 10.7. The number of rotatable bonds is 5. The Morgan fingerprint density at radius 1 is 1.05 bits per heavy atom. The molecule has 2 aromatic heterocycles. The number of hydrogen-bond donors (Lipinski definition) is 1. The molecular weight excluding hydrogens is 252 g/mol. The second-order valence-corrected chi connectivity index (χ2v) is 4.53. The maximum atomic E-state index is 5.76. The molecule has 0 amide bonds. The van der Waals surface area contributed by atoms with Crippen molar-refractivity contribution in [3.05, 3.63) is 54.5 Å². The molecule has 3 rings (SSSR count). The Bertz CT molecular complexity index is 689. The fourth-order valence-electron chi connectivity index (χ4n) is 2.03. The maximum Gasteiger partial charge on any atom is 0.137 e. The van der Waals surface area contributed by atoms with Crippen LogP contribution in [0.25, 0.3) is 10.9 Å². The van der Waals surface area contributed by atoms with Crippen LogP contribution in [0.15, 0.2) is 48.8 Å². The number of aromatic nitrogens is 2. The number of hydrogen-bond acceptors (Lipinski definition) is 3. The molecule has 20 heavy (non-hydrogen) atoms. The Balaban J connectivity index is 1.55. The number of fused-ring (bicyclic) bond motifs is 1. The molecule has 102 valence electrons. The first-order valence-electron chi connectivity index (χ1n) is 6.57. The molecule has 1 N–H and O–H groups in total. The van der Waals surface area contributed by atoms with E-state index in [1.54, 1.807) is 6.20 Å². The van der Waals surface area contributed by atoms with Gasteiger partial charge in [0.2, 0.25) is 0 Å². The van der Waals surface area contributed by atoms with Gasteiger partial charge in [-0.25, -0.2) is 0 Å². The molecule has 0 radical (unpaired) electrons. The second kappa shape index (κ2) is 5.65. The van der Waals surface area contributed by atoms with Gasteiger partial charge in [0.1, 0.15) is 24.7 Å². The molecule has 0 saturated heterocycles. The molecule has 0 aliphatic rings. The van der Waals surface area contributed by atoms with Crippen LogP contribution in [-0.2, 0) is 0 Å². The van der Waals surface area contributed by atoms with Gasteiger partial charge in [0.15, 0.2) is 0 Å². The lowest BCUT2D eigenvalue weighted by atomic mass is 10.2. The highest BCUT2D eigenvalue weighted by Crippen LogP contribution is 2.24. The van der Waals surface area contributed by atoms with Crippen molar-refractivity contribution < 1.29 is 9.47 Å². The quantitative estimate of drug-likeness (QED) is 0.722. The highest BCUT2D eigenvalue weighted by Gasteiger charge is 2.02. The van der Waals surface area contributed by atoms with Gasteiger partial charge in [0.05, 0.1) is 6.20 Å². The number of aromatic amines is 1. The third kappa shape index (κ3) is 2.74. The molecule has 0 spiro atoms. The molecule has 3 aromatic rings. The molecular formula is C16H16N2O2. The van der Waals surface area contributed by atoms with Gasteiger partial charge < -0.3 is 14.5 Å². The molecule has 0 unspecified atom stereocenters. The first kappa shape index (κ1) is 12.5. The van der Waals surface area contributed by atoms with Crippen molar-refractivity contribution in [2.75, 3.05) is 13.2 Å². The van der Waals surface area contributed by atoms with E-state index in [-0.39, 0.29) is 0 Å². The molecule has 1 aromatic carbocycles. The van der Waals surface area contributed by atoms with Crippen LogP contribution >= 0.6 is 0 Å². The standard InChI is InChI=1S/C16H16N2O2/c1-12-5-6-13(11-18-12)19-9-10-20-16-4-2-3-15-14(16)7-8-17-15/h2-8,11,17H,9-10H2,1H3. The van der Waals surface area contributed by atoms with Gasteiger partial charge in [0.25, 0.3) is 0 Å². The van der Waals surface area contributed by atoms with E-state index in [1.165, 1.54) is 0 Å². The van der Waals surface area contributed by atoms with Gasteiger partial charge in [-0.1, -0.05) is 6.07 Å². The lowest BCUT2D eigenvalue weighted by molar-refractivity contribution is 0.218. The first-order valence-corrected chi connectivity index (χ1v) is 6.57. The van der Waals surface area contributed by atoms with E-state index in [9.17, 15) is 0 Å². The lowest BCUT2D eigenvalue weighted by Crippen LogP contribution is -2.09. The summed E-state index contributed by atoms with van der Waals surface area (Å²) in [5.74, 6) is 1.63. The molecule has 0 aliphatic heterocycles. The van der Waals surface area contributed by atoms with Gasteiger partial charge in [0, 0.05) is 22.8 Å². The summed E-state index contributed by atoms with van der Waals surface area (Å²) in [6.45, 7) is 2.94. The monoisotopic (exact) mass is 268 g/mol. The minimum Gasteiger partial charge on any atom is -0.489 e. The highest BCUT2D eigenvalue weighted by molar-refractivity contribution is 5.85. The maximum absolute atomic E-state index is 5.76. The molecule has 2 heterocycles. The van der Waals surface area contributed by atoms with Gasteiger partial charge in [-0.2, -0.15) is 0 Å². The summed E-state index contributed by atoms with van der Waals surface area (Å²) in [4.78, 5) is 7.34. The zero-order valence-electron chi connectivity index (χ0n) is 11.3. The summed E-state index contributed by atoms with van der Waals surface area (Å²) in [5, 5.41) is 1.09. The van der Waals surface area contributed by atoms with Crippen molar-refractivity contribution in [1.29, 1.82) is 0 Å². The van der Waals surface area contributed by atoms with E-state index in [0.717, 1.165) is 28.1 Å². The summed E-state index contributed by atoms with van der Waals surface area (Å²) in [7, 11) is 0. The Labute approximate surface area is 117 Å². The van der Waals surface area contributed by atoms with E-state index in [1.807, 2.05) is 49.5 Å². The van der Waals surface area contributed by atoms with Crippen LogP contribution in [0, 0.1) is 6.92 Å². The number of pyridine rings is 1. The fourth-order valence-corrected chi connectivity index (χ4v) is 2.03. The Morgan fingerprint density at radius 2 is 1.95 bits per heavy atom. The fraction of sp³-hybridized carbons (Fsp3) is 0.188. The average Bonchev–Trinajstić information content (AvgIpc) is 2.94. The van der Waals surface area contributed by atoms with Crippen LogP contribution < -0.4 is 9.47 Å². The van der Waals surface area contributed by atoms with Gasteiger partial charge in [-0.15, -0.1) is 0 Å². The van der Waals surface area contributed by atoms with Crippen molar-refractivity contribution in [3.63, 3.8) is 0 Å². The van der Waals surface area contributed by atoms with Gasteiger partial charge >= 0.3 is 0 Å². The summed E-state index contributed by atoms with van der Waals surface area (Å²) in [6, 6.07) is 11.8. The van der Waals surface area contributed by atoms with Crippen LogP contribution in [0.1, 0.15) is 5.69 Å². The van der Waals surface area contributed by atoms with Crippen molar-refractivity contribution >= 4 is 10.9 Å². The van der Waals surface area contributed by atoms with Crippen LogP contribution in [-0.4, -0.2) is 23.2 Å². The first-order chi connectivity index (χ1) is 9.83. The zero-order valence-corrected chi connectivity index (χ0v) is 11.3. The number of ether oxygens (including phenoxy) is 2. The molecule has 0 fully saturated rings. The second-order valence-electron chi connectivity index (χ2n) is 4.53. The molecule has 0 aliphatic carbocycles. The minimum atomic E-state index is 0.492. The Hall–Kier alpha value is -2.49. The summed E-state index contributed by atoms with van der Waals surface area (Å²) in [6.07, 6.45) is 3.63. The van der Waals surface area contributed by atoms with E-state index in [2.05, 4.69) is 9.97 Å². The van der Waals surface area contributed by atoms with E-state index in [4.69, 9.17) is 9.47 Å². The number of benzene rings is 1. The van der Waals surface area contributed by atoms with E-state index < -0.39 is 0 Å². The molecule has 0 saturated carbocycles. The van der Waals surface area contributed by atoms with E-state index >= 15 is 0 Å². The summed E-state index contributed by atoms with van der Waals surface area (Å²) in [5.41, 5.74) is 2.05. The van der Waals surface area contributed by atoms with Crippen LogP contribution in [0.2, 0.25) is 0 Å². The number of H-pyrrole nitrogens is 1. The van der Waals surface area contributed by atoms with Crippen LogP contribution in [0.3, 0.4) is 0 Å². The lowest BCUT2D eigenvalue weighted by Gasteiger charge is -2.09. The Morgan fingerprint density at radius 3 is 2.80 bits per heavy atom. The van der Waals surface area contributed by atoms with Gasteiger partial charge in [-0.05, 0) is 37.3 Å². The predicted molar refractivity (Wildman–Crippen MR) is 78.3 cm³/mol. The molecule has 4 heteroatoms. The Kier molecular flexibility index (Phi) is 3.54. The third-order valence-electron chi connectivity index (χ3n) is 3.05. The zero-order chi connectivity index (χ0) is 13.8.